The van der Waals surface area contributed by atoms with Gasteiger partial charge in [0.15, 0.2) is 0 Å². The molecule has 1 aliphatic heterocycles. The molecule has 0 amide bonds. The highest BCUT2D eigenvalue weighted by atomic mass is 15.1. The molecule has 3 rings (SSSR count). The molecule has 1 aromatic heterocycles. The second-order valence-electron chi connectivity index (χ2n) is 6.29. The molecule has 0 aliphatic carbocycles. The fourth-order valence-electron chi connectivity index (χ4n) is 3.02. The maximum atomic E-state index is 5.96. The van der Waals surface area contributed by atoms with Crippen LogP contribution in [-0.2, 0) is 19.4 Å². The quantitative estimate of drug-likeness (QED) is 0.922. The van der Waals surface area contributed by atoms with Crippen molar-refractivity contribution in [1.82, 2.24) is 9.88 Å². The molecule has 1 aromatic carbocycles. The molecular formula is C19H25N3. The fraction of sp³-hybridized carbons (Fsp3) is 0.421. The average molecular weight is 295 g/mol. The van der Waals surface area contributed by atoms with E-state index in [1.54, 1.807) is 0 Å². The highest BCUT2D eigenvalue weighted by Crippen LogP contribution is 2.14. The van der Waals surface area contributed by atoms with E-state index in [2.05, 4.69) is 40.2 Å². The summed E-state index contributed by atoms with van der Waals surface area (Å²) in [4.78, 5) is 6.67. The number of hydrogen-bond acceptors (Lipinski definition) is 3. The summed E-state index contributed by atoms with van der Waals surface area (Å²) >= 11 is 0. The van der Waals surface area contributed by atoms with Gasteiger partial charge in [0, 0.05) is 25.0 Å². The minimum atomic E-state index is 0.408. The normalized spacial score (nSPS) is 16.8. The molecule has 0 atom stereocenters. The first-order valence-electron chi connectivity index (χ1n) is 8.24. The molecule has 1 fully saturated rings. The summed E-state index contributed by atoms with van der Waals surface area (Å²) < 4.78 is 0. The van der Waals surface area contributed by atoms with Crippen molar-refractivity contribution in [3.05, 3.63) is 65.5 Å². The van der Waals surface area contributed by atoms with E-state index in [-0.39, 0.29) is 0 Å². The third kappa shape index (κ3) is 4.39. The van der Waals surface area contributed by atoms with Crippen LogP contribution in [0.4, 0.5) is 0 Å². The molecule has 3 heteroatoms. The number of likely N-dealkylation sites (tertiary alicyclic amines) is 1. The third-order valence-electron chi connectivity index (χ3n) is 4.49. The van der Waals surface area contributed by atoms with E-state index >= 15 is 0 Å². The molecule has 0 saturated carbocycles. The fourth-order valence-corrected chi connectivity index (χ4v) is 3.02. The average Bonchev–Trinajstić information content (AvgIpc) is 2.57. The molecule has 3 nitrogen and oxygen atoms in total. The number of pyridine rings is 1. The van der Waals surface area contributed by atoms with Crippen LogP contribution in [0.2, 0.25) is 0 Å². The van der Waals surface area contributed by atoms with Crippen molar-refractivity contribution in [2.24, 2.45) is 5.73 Å². The summed E-state index contributed by atoms with van der Waals surface area (Å²) in [5.41, 5.74) is 10.1. The van der Waals surface area contributed by atoms with Crippen molar-refractivity contribution in [2.45, 2.75) is 38.3 Å². The number of aromatic nitrogens is 1. The molecule has 22 heavy (non-hydrogen) atoms. The van der Waals surface area contributed by atoms with Crippen molar-refractivity contribution in [1.29, 1.82) is 0 Å². The van der Waals surface area contributed by atoms with Gasteiger partial charge < -0.3 is 5.73 Å². The number of nitrogens with zero attached hydrogens (tertiary/aromatic N) is 2. The smallest absolute Gasteiger partial charge is 0.0299 e. The zero-order valence-corrected chi connectivity index (χ0v) is 13.1. The molecule has 0 radical (unpaired) electrons. The lowest BCUT2D eigenvalue weighted by Gasteiger charge is -2.30. The van der Waals surface area contributed by atoms with Crippen molar-refractivity contribution in [3.63, 3.8) is 0 Å². The number of hydrogen-bond donors (Lipinski definition) is 1. The van der Waals surface area contributed by atoms with Gasteiger partial charge in [-0.25, -0.2) is 0 Å². The van der Waals surface area contributed by atoms with E-state index in [1.165, 1.54) is 16.7 Å². The minimum absolute atomic E-state index is 0.408. The Kier molecular flexibility index (Phi) is 5.20. The Hall–Kier alpha value is -1.71. The Bertz CT molecular complexity index is 557. The highest BCUT2D eigenvalue weighted by Gasteiger charge is 2.15. The van der Waals surface area contributed by atoms with Crippen molar-refractivity contribution < 1.29 is 0 Å². The first kappa shape index (κ1) is 15.2. The minimum Gasteiger partial charge on any atom is -0.328 e. The number of aryl methyl sites for hydroxylation is 2. The van der Waals surface area contributed by atoms with Crippen molar-refractivity contribution >= 4 is 0 Å². The first-order valence-corrected chi connectivity index (χ1v) is 8.24. The van der Waals surface area contributed by atoms with Crippen LogP contribution in [0.15, 0.2) is 48.8 Å². The van der Waals surface area contributed by atoms with E-state index in [0.29, 0.717) is 6.04 Å². The third-order valence-corrected chi connectivity index (χ3v) is 4.49. The van der Waals surface area contributed by atoms with E-state index in [4.69, 9.17) is 5.73 Å². The van der Waals surface area contributed by atoms with E-state index < -0.39 is 0 Å². The predicted molar refractivity (Wildman–Crippen MR) is 90.6 cm³/mol. The van der Waals surface area contributed by atoms with Crippen LogP contribution in [0.3, 0.4) is 0 Å². The monoisotopic (exact) mass is 295 g/mol. The van der Waals surface area contributed by atoms with E-state index in [9.17, 15) is 0 Å². The predicted octanol–water partition coefficient (Wildman–Crippen LogP) is 2.79. The zero-order valence-electron chi connectivity index (χ0n) is 13.1. The topological polar surface area (TPSA) is 42.1 Å². The van der Waals surface area contributed by atoms with E-state index in [1.807, 2.05) is 18.5 Å². The van der Waals surface area contributed by atoms with Crippen LogP contribution in [0, 0.1) is 0 Å². The summed E-state index contributed by atoms with van der Waals surface area (Å²) in [5.74, 6) is 0. The number of piperidine rings is 1. The van der Waals surface area contributed by atoms with Crippen LogP contribution in [0.5, 0.6) is 0 Å². The molecule has 116 valence electrons. The lowest BCUT2D eigenvalue weighted by Crippen LogP contribution is -2.39. The largest absolute Gasteiger partial charge is 0.328 e. The zero-order chi connectivity index (χ0) is 15.2. The van der Waals surface area contributed by atoms with Gasteiger partial charge in [0.25, 0.3) is 0 Å². The van der Waals surface area contributed by atoms with Crippen LogP contribution < -0.4 is 5.73 Å². The van der Waals surface area contributed by atoms with Gasteiger partial charge in [-0.3, -0.25) is 9.88 Å². The van der Waals surface area contributed by atoms with Crippen LogP contribution in [-0.4, -0.2) is 29.0 Å². The van der Waals surface area contributed by atoms with Crippen molar-refractivity contribution in [3.8, 4) is 0 Å². The van der Waals surface area contributed by atoms with Crippen molar-refractivity contribution in [2.75, 3.05) is 13.1 Å². The summed E-state index contributed by atoms with van der Waals surface area (Å²) in [5, 5.41) is 0. The molecule has 0 unspecified atom stereocenters. The molecule has 0 spiro atoms. The van der Waals surface area contributed by atoms with Gasteiger partial charge >= 0.3 is 0 Å². The molecular weight excluding hydrogens is 270 g/mol. The van der Waals surface area contributed by atoms with Crippen LogP contribution >= 0.6 is 0 Å². The van der Waals surface area contributed by atoms with Gasteiger partial charge in [0.05, 0.1) is 0 Å². The Balaban J connectivity index is 1.50. The molecule has 1 aliphatic rings. The number of rotatable bonds is 5. The van der Waals surface area contributed by atoms with Gasteiger partial charge in [-0.15, -0.1) is 0 Å². The number of nitrogens with two attached hydrogens (primary N) is 1. The van der Waals surface area contributed by atoms with E-state index in [0.717, 1.165) is 45.3 Å². The maximum absolute atomic E-state index is 5.96. The second-order valence-corrected chi connectivity index (χ2v) is 6.29. The van der Waals surface area contributed by atoms with Crippen LogP contribution in [0.1, 0.15) is 29.5 Å². The summed E-state index contributed by atoms with van der Waals surface area (Å²) in [7, 11) is 0. The SMILES string of the molecule is NC1CCN(Cc2ccc(CCc3cccnc3)cc2)CC1. The molecule has 2 aromatic rings. The number of benzene rings is 1. The molecule has 2 heterocycles. The Morgan fingerprint density at radius 3 is 2.32 bits per heavy atom. The van der Waals surface area contributed by atoms with Gasteiger partial charge in [-0.2, -0.15) is 0 Å². The lowest BCUT2D eigenvalue weighted by atomic mass is 10.0. The Morgan fingerprint density at radius 1 is 0.955 bits per heavy atom. The highest BCUT2D eigenvalue weighted by molar-refractivity contribution is 5.24. The standard InChI is InChI=1S/C19H25N3/c20-19-9-12-22(13-10-19)15-18-7-4-16(5-8-18)3-6-17-2-1-11-21-14-17/h1-2,4-5,7-8,11,14,19H,3,6,9-10,12-13,15,20H2. The summed E-state index contributed by atoms with van der Waals surface area (Å²) in [6.45, 7) is 3.31. The maximum Gasteiger partial charge on any atom is 0.0299 e. The second kappa shape index (κ2) is 7.52. The Labute approximate surface area is 133 Å². The molecule has 0 bridgehead atoms. The summed E-state index contributed by atoms with van der Waals surface area (Å²) in [6.07, 6.45) is 8.16. The van der Waals surface area contributed by atoms with Gasteiger partial charge in [0.2, 0.25) is 0 Å². The van der Waals surface area contributed by atoms with Crippen LogP contribution in [0.25, 0.3) is 0 Å². The van der Waals surface area contributed by atoms with Gasteiger partial charge in [-0.1, -0.05) is 30.3 Å². The molecule has 2 N–H and O–H groups in total. The molecule has 1 saturated heterocycles. The lowest BCUT2D eigenvalue weighted by molar-refractivity contribution is 0.205. The summed E-state index contributed by atoms with van der Waals surface area (Å²) in [6, 6.07) is 13.6. The Morgan fingerprint density at radius 2 is 1.64 bits per heavy atom. The van der Waals surface area contributed by atoms with Gasteiger partial charge in [0.1, 0.15) is 0 Å². The van der Waals surface area contributed by atoms with Gasteiger partial charge in [-0.05, 0) is 61.5 Å². The first-order chi connectivity index (χ1) is 10.8.